The van der Waals surface area contributed by atoms with Gasteiger partial charge in [0.05, 0.1) is 12.2 Å². The lowest BCUT2D eigenvalue weighted by molar-refractivity contribution is -0.271. The zero-order chi connectivity index (χ0) is 30.1. The van der Waals surface area contributed by atoms with E-state index in [1.807, 2.05) is 6.08 Å². The average Bonchev–Trinajstić information content (AvgIpc) is 3.72. The van der Waals surface area contributed by atoms with E-state index in [1.165, 1.54) is 77.0 Å². The monoisotopic (exact) mass is 597 g/mol. The van der Waals surface area contributed by atoms with Gasteiger partial charge in [-0.2, -0.15) is 0 Å². The fourth-order valence-electron chi connectivity index (χ4n) is 9.86. The van der Waals surface area contributed by atoms with E-state index >= 15 is 0 Å². The third-order valence-corrected chi connectivity index (χ3v) is 12.3. The van der Waals surface area contributed by atoms with E-state index in [1.54, 1.807) is 0 Å². The minimum Gasteiger partial charge on any atom is -0.489 e. The molecule has 0 radical (unpaired) electrons. The Kier molecular flexibility index (Phi) is 9.56. The minimum absolute atomic E-state index is 0.0536. The van der Waals surface area contributed by atoms with E-state index in [0.717, 1.165) is 63.3 Å². The molecule has 242 valence electrons. The molecule has 3 saturated carbocycles. The van der Waals surface area contributed by atoms with Gasteiger partial charge in [0.1, 0.15) is 11.9 Å². The first kappa shape index (κ1) is 31.5. The molecule has 2 aliphatic heterocycles. The molecule has 1 N–H and O–H groups in total. The molecule has 43 heavy (non-hydrogen) atoms. The van der Waals surface area contributed by atoms with Gasteiger partial charge in [0.2, 0.25) is 0 Å². The normalized spacial score (nSPS) is 35.4. The number of carbonyl (C=O) groups is 1. The standard InChI is InChI=1S/C37H59NO5/c1-4-5-6-7-8-9-10-11-12-13-14-15-24-41-34(39)42-29-19-18-28-25-30-37(40)21-20-35(2,3)33-36(37,31(28)32(29)43-33)22-23-38(30)26-27-16-17-27/h18-19,27-28,30-31,33,40H,4-17,20-26H2,1-3H3/t28?,30?,31?,33-,36-,37+/m0/s1. The van der Waals surface area contributed by atoms with E-state index in [4.69, 9.17) is 14.2 Å². The first-order chi connectivity index (χ1) is 20.8. The maximum atomic E-state index is 12.8. The lowest BCUT2D eigenvalue weighted by Gasteiger charge is -2.68. The molecule has 0 aromatic carbocycles. The summed E-state index contributed by atoms with van der Waals surface area (Å²) in [4.78, 5) is 15.4. The Labute approximate surface area is 261 Å². The van der Waals surface area contributed by atoms with Crippen molar-refractivity contribution in [2.75, 3.05) is 19.7 Å². The smallest absolute Gasteiger partial charge is 0.489 e. The second-order valence-corrected chi connectivity index (χ2v) is 15.7. The van der Waals surface area contributed by atoms with Crippen molar-refractivity contribution in [3.05, 3.63) is 23.7 Å². The van der Waals surface area contributed by atoms with Crippen molar-refractivity contribution in [3.63, 3.8) is 0 Å². The average molecular weight is 598 g/mol. The molecule has 2 bridgehead atoms. The van der Waals surface area contributed by atoms with Gasteiger partial charge in [0, 0.05) is 29.3 Å². The Bertz CT molecular complexity index is 1050. The van der Waals surface area contributed by atoms with E-state index in [0.29, 0.717) is 18.3 Å². The Morgan fingerprint density at radius 2 is 1.65 bits per heavy atom. The van der Waals surface area contributed by atoms with Gasteiger partial charge in [0.15, 0.2) is 5.76 Å². The first-order valence-corrected chi connectivity index (χ1v) is 18.2. The number of ether oxygens (including phenoxy) is 3. The summed E-state index contributed by atoms with van der Waals surface area (Å²) in [5, 5.41) is 12.7. The lowest BCUT2D eigenvalue weighted by atomic mass is 9.41. The maximum Gasteiger partial charge on any atom is 0.513 e. The lowest BCUT2D eigenvalue weighted by Crippen LogP contribution is -2.77. The Hall–Kier alpha value is -1.53. The molecule has 0 aromatic rings. The second-order valence-electron chi connectivity index (χ2n) is 15.7. The number of piperidine rings is 1. The molecule has 0 aromatic heterocycles. The van der Waals surface area contributed by atoms with Gasteiger partial charge in [-0.05, 0) is 69.4 Å². The quantitative estimate of drug-likeness (QED) is 0.142. The van der Waals surface area contributed by atoms with Crippen LogP contribution in [0.3, 0.4) is 0 Å². The van der Waals surface area contributed by atoms with Crippen molar-refractivity contribution in [2.45, 2.75) is 154 Å². The SMILES string of the molecule is CCCCCCCCCCCCCCOC(=O)OC1=C2O[C@H]3C(C)(C)CC[C@@]4(O)C5CC(C=C1)C2[C@@]34CCN5CC1CC1. The van der Waals surface area contributed by atoms with Gasteiger partial charge < -0.3 is 19.3 Å². The molecular formula is C37H59NO5. The summed E-state index contributed by atoms with van der Waals surface area (Å²) in [7, 11) is 0. The van der Waals surface area contributed by atoms with Crippen molar-refractivity contribution < 1.29 is 24.1 Å². The molecule has 3 unspecified atom stereocenters. The number of rotatable bonds is 16. The highest BCUT2D eigenvalue weighted by atomic mass is 16.7. The second kappa shape index (κ2) is 13.1. The molecule has 6 heteroatoms. The van der Waals surface area contributed by atoms with Crippen molar-refractivity contribution in [1.82, 2.24) is 4.90 Å². The molecule has 6 rings (SSSR count). The number of hydrogen-bond donors (Lipinski definition) is 1. The first-order valence-electron chi connectivity index (χ1n) is 18.2. The molecule has 0 amide bonds. The fourth-order valence-corrected chi connectivity index (χ4v) is 9.86. The Morgan fingerprint density at radius 1 is 0.977 bits per heavy atom. The highest BCUT2D eigenvalue weighted by Crippen LogP contribution is 2.72. The largest absolute Gasteiger partial charge is 0.513 e. The third-order valence-electron chi connectivity index (χ3n) is 12.3. The predicted molar refractivity (Wildman–Crippen MR) is 169 cm³/mol. The predicted octanol–water partition coefficient (Wildman–Crippen LogP) is 8.68. The fraction of sp³-hybridized carbons (Fsp3) is 0.865. The number of allylic oxidation sites excluding steroid dienone is 3. The summed E-state index contributed by atoms with van der Waals surface area (Å²) < 4.78 is 18.3. The summed E-state index contributed by atoms with van der Waals surface area (Å²) in [5.41, 5.74) is -1.16. The third kappa shape index (κ3) is 6.05. The Balaban J connectivity index is 1.01. The Morgan fingerprint density at radius 3 is 2.33 bits per heavy atom. The van der Waals surface area contributed by atoms with Crippen molar-refractivity contribution in [1.29, 1.82) is 0 Å². The van der Waals surface area contributed by atoms with Crippen LogP contribution in [0.15, 0.2) is 23.7 Å². The van der Waals surface area contributed by atoms with Crippen LogP contribution in [0.4, 0.5) is 4.79 Å². The number of hydrogen-bond acceptors (Lipinski definition) is 6. The maximum absolute atomic E-state index is 12.8. The van der Waals surface area contributed by atoms with Crippen molar-refractivity contribution in [3.8, 4) is 0 Å². The summed E-state index contributed by atoms with van der Waals surface area (Å²) >= 11 is 0. The molecule has 6 nitrogen and oxygen atoms in total. The number of nitrogens with zero attached hydrogens (tertiary/aromatic N) is 1. The highest BCUT2D eigenvalue weighted by molar-refractivity contribution is 5.62. The highest BCUT2D eigenvalue weighted by Gasteiger charge is 2.78. The van der Waals surface area contributed by atoms with Crippen LogP contribution in [0.1, 0.15) is 136 Å². The summed E-state index contributed by atoms with van der Waals surface area (Å²) in [5.74, 6) is 2.46. The van der Waals surface area contributed by atoms with Gasteiger partial charge in [0.25, 0.3) is 0 Å². The van der Waals surface area contributed by atoms with Crippen LogP contribution in [0.2, 0.25) is 0 Å². The van der Waals surface area contributed by atoms with Gasteiger partial charge in [-0.25, -0.2) is 4.79 Å². The van der Waals surface area contributed by atoms with Crippen molar-refractivity contribution in [2.24, 2.45) is 28.6 Å². The van der Waals surface area contributed by atoms with Gasteiger partial charge >= 0.3 is 6.16 Å². The molecule has 1 spiro atoms. The molecule has 2 heterocycles. The van der Waals surface area contributed by atoms with Gasteiger partial charge in [-0.15, -0.1) is 0 Å². The number of unbranched alkanes of at least 4 members (excludes halogenated alkanes) is 11. The van der Waals surface area contributed by atoms with E-state index in [9.17, 15) is 9.90 Å². The van der Waals surface area contributed by atoms with Crippen molar-refractivity contribution >= 4 is 6.16 Å². The van der Waals surface area contributed by atoms with Crippen LogP contribution < -0.4 is 0 Å². The van der Waals surface area contributed by atoms with Crippen LogP contribution in [0.25, 0.3) is 0 Å². The molecule has 6 atom stereocenters. The van der Waals surface area contributed by atoms with Crippen LogP contribution in [-0.4, -0.2) is 53.6 Å². The number of aliphatic hydroxyl groups is 1. The molecule has 2 saturated heterocycles. The zero-order valence-corrected chi connectivity index (χ0v) is 27.4. The topological polar surface area (TPSA) is 68.2 Å². The molecule has 4 aliphatic carbocycles. The van der Waals surface area contributed by atoms with Crippen LogP contribution in [-0.2, 0) is 14.2 Å². The van der Waals surface area contributed by atoms with Crippen LogP contribution in [0.5, 0.6) is 0 Å². The van der Waals surface area contributed by atoms with Crippen LogP contribution >= 0.6 is 0 Å². The molecule has 6 aliphatic rings. The van der Waals surface area contributed by atoms with E-state index < -0.39 is 11.8 Å². The molecule has 5 fully saturated rings. The zero-order valence-electron chi connectivity index (χ0n) is 27.4. The van der Waals surface area contributed by atoms with Gasteiger partial charge in [-0.1, -0.05) is 97.5 Å². The summed E-state index contributed by atoms with van der Waals surface area (Å²) in [6.07, 6.45) is 25.1. The number of likely N-dealkylation sites (tertiary alicyclic amines) is 1. The van der Waals surface area contributed by atoms with Gasteiger partial charge in [-0.3, -0.25) is 4.90 Å². The van der Waals surface area contributed by atoms with Crippen LogP contribution in [0, 0.1) is 28.6 Å². The summed E-state index contributed by atoms with van der Waals surface area (Å²) in [6, 6.07) is 0.178. The van der Waals surface area contributed by atoms with E-state index in [-0.39, 0.29) is 28.9 Å². The minimum atomic E-state index is -0.769. The van der Waals surface area contributed by atoms with E-state index in [2.05, 4.69) is 31.7 Å². The number of carbonyl (C=O) groups excluding carboxylic acids is 1. The summed E-state index contributed by atoms with van der Waals surface area (Å²) in [6.45, 7) is 9.42. The molecular weight excluding hydrogens is 538 g/mol.